The van der Waals surface area contributed by atoms with Crippen LogP contribution < -0.4 is 0 Å². The lowest BCUT2D eigenvalue weighted by Gasteiger charge is -1.97. The first-order valence-electron chi connectivity index (χ1n) is 4.77. The molecule has 0 bridgehead atoms. The fraction of sp³-hybridized carbons (Fsp3) is 0.167. The van der Waals surface area contributed by atoms with E-state index in [1.165, 1.54) is 0 Å². The number of esters is 1. The van der Waals surface area contributed by atoms with Gasteiger partial charge in [-0.3, -0.25) is 0 Å². The molecule has 0 aliphatic carbocycles. The molecule has 76 valence electrons. The van der Waals surface area contributed by atoms with Gasteiger partial charge in [-0.2, -0.15) is 0 Å². The standard InChI is InChI=1S/C12H11NO2/c1-2-6-10-12(14)15-11(13-10)9-7-4-3-5-8-9/h2-5,7-8,10H,1,6H2. The zero-order chi connectivity index (χ0) is 10.7. The molecule has 0 N–H and O–H groups in total. The van der Waals surface area contributed by atoms with Crippen molar-refractivity contribution in [2.75, 3.05) is 0 Å². The van der Waals surface area contributed by atoms with E-state index in [-0.39, 0.29) is 5.97 Å². The average molecular weight is 201 g/mol. The van der Waals surface area contributed by atoms with Crippen molar-refractivity contribution in [1.29, 1.82) is 0 Å². The molecule has 1 aliphatic rings. The summed E-state index contributed by atoms with van der Waals surface area (Å²) in [5.74, 6) is 0.112. The first-order valence-corrected chi connectivity index (χ1v) is 4.77. The third kappa shape index (κ3) is 1.96. The van der Waals surface area contributed by atoms with Crippen LogP contribution in [-0.2, 0) is 9.53 Å². The Bertz CT molecular complexity index is 409. The summed E-state index contributed by atoms with van der Waals surface area (Å²) in [5, 5.41) is 0. The van der Waals surface area contributed by atoms with Crippen LogP contribution in [0.1, 0.15) is 12.0 Å². The maximum Gasteiger partial charge on any atom is 0.338 e. The van der Waals surface area contributed by atoms with Crippen molar-refractivity contribution in [3.63, 3.8) is 0 Å². The molecular weight excluding hydrogens is 190 g/mol. The number of hydrogen-bond acceptors (Lipinski definition) is 3. The lowest BCUT2D eigenvalue weighted by molar-refractivity contribution is -0.134. The van der Waals surface area contributed by atoms with Gasteiger partial charge in [0.25, 0.3) is 0 Å². The van der Waals surface area contributed by atoms with Gasteiger partial charge in [-0.1, -0.05) is 24.3 Å². The highest BCUT2D eigenvalue weighted by molar-refractivity contribution is 6.06. The van der Waals surface area contributed by atoms with E-state index in [0.29, 0.717) is 12.3 Å². The fourth-order valence-electron chi connectivity index (χ4n) is 1.40. The van der Waals surface area contributed by atoms with E-state index >= 15 is 0 Å². The Balaban J connectivity index is 2.22. The minimum atomic E-state index is -0.419. The highest BCUT2D eigenvalue weighted by Crippen LogP contribution is 2.15. The van der Waals surface area contributed by atoms with Gasteiger partial charge >= 0.3 is 5.97 Å². The number of ether oxygens (including phenoxy) is 1. The van der Waals surface area contributed by atoms with Crippen LogP contribution in [0.3, 0.4) is 0 Å². The summed E-state index contributed by atoms with van der Waals surface area (Å²) >= 11 is 0. The summed E-state index contributed by atoms with van der Waals surface area (Å²) in [4.78, 5) is 15.6. The van der Waals surface area contributed by atoms with E-state index in [9.17, 15) is 4.79 Å². The monoisotopic (exact) mass is 201 g/mol. The normalized spacial score (nSPS) is 19.6. The number of rotatable bonds is 3. The van der Waals surface area contributed by atoms with Gasteiger partial charge in [-0.25, -0.2) is 9.79 Å². The lowest BCUT2D eigenvalue weighted by Crippen LogP contribution is -2.13. The molecule has 0 saturated heterocycles. The Morgan fingerprint density at radius 1 is 1.40 bits per heavy atom. The van der Waals surface area contributed by atoms with Crippen molar-refractivity contribution < 1.29 is 9.53 Å². The number of nitrogens with zero attached hydrogens (tertiary/aromatic N) is 1. The number of hydrogen-bond donors (Lipinski definition) is 0. The van der Waals surface area contributed by atoms with E-state index in [2.05, 4.69) is 11.6 Å². The predicted molar refractivity (Wildman–Crippen MR) is 57.7 cm³/mol. The third-order valence-electron chi connectivity index (χ3n) is 2.15. The summed E-state index contributed by atoms with van der Waals surface area (Å²) < 4.78 is 5.08. The summed E-state index contributed by atoms with van der Waals surface area (Å²) in [7, 11) is 0. The fourth-order valence-corrected chi connectivity index (χ4v) is 1.40. The van der Waals surface area contributed by atoms with Gasteiger partial charge in [0.2, 0.25) is 5.90 Å². The first kappa shape index (κ1) is 9.65. The van der Waals surface area contributed by atoms with E-state index in [4.69, 9.17) is 4.74 Å². The average Bonchev–Trinajstić information content (AvgIpc) is 2.63. The van der Waals surface area contributed by atoms with E-state index in [0.717, 1.165) is 5.56 Å². The third-order valence-corrected chi connectivity index (χ3v) is 2.15. The molecule has 0 amide bonds. The minimum Gasteiger partial charge on any atom is -0.406 e. The Hall–Kier alpha value is -1.90. The quantitative estimate of drug-likeness (QED) is 0.553. The van der Waals surface area contributed by atoms with Gasteiger partial charge < -0.3 is 4.74 Å². The van der Waals surface area contributed by atoms with Crippen LogP contribution in [0, 0.1) is 0 Å². The van der Waals surface area contributed by atoms with Gasteiger partial charge in [-0.05, 0) is 18.6 Å². The highest BCUT2D eigenvalue weighted by Gasteiger charge is 2.28. The van der Waals surface area contributed by atoms with Crippen LogP contribution in [0.2, 0.25) is 0 Å². The van der Waals surface area contributed by atoms with Crippen molar-refractivity contribution >= 4 is 11.9 Å². The van der Waals surface area contributed by atoms with Crippen LogP contribution >= 0.6 is 0 Å². The van der Waals surface area contributed by atoms with Gasteiger partial charge in [-0.15, -0.1) is 6.58 Å². The molecule has 15 heavy (non-hydrogen) atoms. The summed E-state index contributed by atoms with van der Waals surface area (Å²) in [6, 6.07) is 8.98. The molecule has 3 heteroatoms. The van der Waals surface area contributed by atoms with E-state index in [1.807, 2.05) is 30.3 Å². The zero-order valence-corrected chi connectivity index (χ0v) is 8.22. The van der Waals surface area contributed by atoms with Gasteiger partial charge in [0, 0.05) is 5.56 Å². The van der Waals surface area contributed by atoms with Crippen LogP contribution in [0.4, 0.5) is 0 Å². The van der Waals surface area contributed by atoms with Crippen LogP contribution in [0.25, 0.3) is 0 Å². The molecule has 0 spiro atoms. The van der Waals surface area contributed by atoms with Gasteiger partial charge in [0.1, 0.15) is 0 Å². The molecule has 1 atom stereocenters. The lowest BCUT2D eigenvalue weighted by atomic mass is 10.2. The molecule has 1 heterocycles. The van der Waals surface area contributed by atoms with Crippen molar-refractivity contribution in [2.24, 2.45) is 4.99 Å². The molecule has 1 aliphatic heterocycles. The van der Waals surface area contributed by atoms with Gasteiger partial charge in [0.15, 0.2) is 6.04 Å². The maximum atomic E-state index is 11.4. The Labute approximate surface area is 88.1 Å². The number of benzene rings is 1. The summed E-state index contributed by atoms with van der Waals surface area (Å²) in [6.45, 7) is 3.58. The second-order valence-corrected chi connectivity index (χ2v) is 3.26. The smallest absolute Gasteiger partial charge is 0.338 e. The second-order valence-electron chi connectivity index (χ2n) is 3.26. The summed E-state index contributed by atoms with van der Waals surface area (Å²) in [5.41, 5.74) is 0.831. The molecule has 0 aromatic heterocycles. The molecule has 2 rings (SSSR count). The molecule has 0 saturated carbocycles. The van der Waals surface area contributed by atoms with Crippen molar-refractivity contribution in [2.45, 2.75) is 12.5 Å². The molecular formula is C12H11NO2. The highest BCUT2D eigenvalue weighted by atomic mass is 16.6. The maximum absolute atomic E-state index is 11.4. The zero-order valence-electron chi connectivity index (χ0n) is 8.22. The number of cyclic esters (lactones) is 1. The molecule has 1 aromatic carbocycles. The molecule has 3 nitrogen and oxygen atoms in total. The number of aliphatic imine (C=N–C) groups is 1. The molecule has 1 aromatic rings. The van der Waals surface area contributed by atoms with Crippen LogP contribution in [0.15, 0.2) is 48.0 Å². The van der Waals surface area contributed by atoms with Gasteiger partial charge in [0.05, 0.1) is 0 Å². The Morgan fingerprint density at radius 3 is 2.80 bits per heavy atom. The summed E-state index contributed by atoms with van der Waals surface area (Å²) in [6.07, 6.45) is 2.19. The Kier molecular flexibility index (Phi) is 2.63. The largest absolute Gasteiger partial charge is 0.406 e. The Morgan fingerprint density at radius 2 is 2.13 bits per heavy atom. The number of carbonyl (C=O) groups is 1. The minimum absolute atomic E-state index is 0.297. The topological polar surface area (TPSA) is 38.7 Å². The van der Waals surface area contributed by atoms with Crippen molar-refractivity contribution in [1.82, 2.24) is 0 Å². The van der Waals surface area contributed by atoms with E-state index in [1.54, 1.807) is 6.08 Å². The predicted octanol–water partition coefficient (Wildman–Crippen LogP) is 1.93. The number of carbonyl (C=O) groups excluding carboxylic acids is 1. The molecule has 0 fully saturated rings. The first-order chi connectivity index (χ1) is 7.31. The van der Waals surface area contributed by atoms with Crippen LogP contribution in [0.5, 0.6) is 0 Å². The molecule has 0 radical (unpaired) electrons. The van der Waals surface area contributed by atoms with Crippen molar-refractivity contribution in [3.8, 4) is 0 Å². The SMILES string of the molecule is C=CCC1N=C(c2ccccc2)OC1=O. The van der Waals surface area contributed by atoms with Crippen LogP contribution in [-0.4, -0.2) is 17.9 Å². The second kappa shape index (κ2) is 4.09. The van der Waals surface area contributed by atoms with E-state index < -0.39 is 6.04 Å². The van der Waals surface area contributed by atoms with Crippen molar-refractivity contribution in [3.05, 3.63) is 48.6 Å². The molecule has 1 unspecified atom stereocenters.